The first kappa shape index (κ1) is 31.4. The van der Waals surface area contributed by atoms with Gasteiger partial charge in [0, 0.05) is 24.0 Å². The molecule has 3 heterocycles. The Hall–Kier alpha value is -3.55. The van der Waals surface area contributed by atoms with E-state index in [2.05, 4.69) is 51.6 Å². The number of carboxylic acids is 1. The Bertz CT molecular complexity index is 1870. The van der Waals surface area contributed by atoms with Crippen LogP contribution in [0.4, 0.5) is 0 Å². The number of nitriles is 1. The Morgan fingerprint density at radius 2 is 1.36 bits per heavy atom. The van der Waals surface area contributed by atoms with Gasteiger partial charge in [0.25, 0.3) is 0 Å². The van der Waals surface area contributed by atoms with E-state index < -0.39 is 23.5 Å². The van der Waals surface area contributed by atoms with Crippen molar-refractivity contribution in [2.45, 2.75) is 38.7 Å². The van der Waals surface area contributed by atoms with E-state index in [1.807, 2.05) is 59.3 Å². The molecule has 0 amide bonds. The van der Waals surface area contributed by atoms with Gasteiger partial charge in [0.1, 0.15) is 5.60 Å². The maximum absolute atomic E-state index is 12.1. The predicted molar refractivity (Wildman–Crippen MR) is 179 cm³/mol. The zero-order valence-electron chi connectivity index (χ0n) is 23.2. The normalized spacial score (nSPS) is 11.6. The summed E-state index contributed by atoms with van der Waals surface area (Å²) in [5.74, 6) is -2.15. The highest BCUT2D eigenvalue weighted by Crippen LogP contribution is 2.31. The molecular weight excluding hydrogens is 650 g/mol. The molecule has 0 fully saturated rings. The van der Waals surface area contributed by atoms with Crippen molar-refractivity contribution in [1.29, 1.82) is 5.26 Å². The minimum absolute atomic E-state index is 0.105. The molecule has 0 bridgehead atoms. The van der Waals surface area contributed by atoms with Crippen molar-refractivity contribution in [1.82, 2.24) is 0 Å². The minimum Gasteiger partial charge on any atom is -0.481 e. The van der Waals surface area contributed by atoms with Crippen LogP contribution in [0.1, 0.15) is 37.8 Å². The van der Waals surface area contributed by atoms with Crippen LogP contribution in [0.25, 0.3) is 30.3 Å². The molecule has 1 atom stereocenters. The number of benzene rings is 3. The Balaban J connectivity index is 0.000000153. The lowest BCUT2D eigenvalue weighted by molar-refractivity contribution is -0.155. The van der Waals surface area contributed by atoms with Crippen LogP contribution in [-0.2, 0) is 20.7 Å². The van der Waals surface area contributed by atoms with Crippen LogP contribution in [0.2, 0.25) is 0 Å². The van der Waals surface area contributed by atoms with Crippen LogP contribution in [-0.4, -0.2) is 22.6 Å². The first-order valence-electron chi connectivity index (χ1n) is 12.9. The number of esters is 1. The molecule has 214 valence electrons. The smallest absolute Gasteiger partial charge is 0.328 e. The number of hydrogen-bond donors (Lipinski definition) is 1. The lowest BCUT2D eigenvalue weighted by Crippen LogP contribution is -2.27. The third kappa shape index (κ3) is 8.05. The summed E-state index contributed by atoms with van der Waals surface area (Å²) in [7, 11) is 0. The number of aliphatic carboxylic acids is 1. The van der Waals surface area contributed by atoms with Gasteiger partial charge in [-0.05, 0) is 101 Å². The van der Waals surface area contributed by atoms with Crippen LogP contribution in [0.15, 0.2) is 93.4 Å². The summed E-state index contributed by atoms with van der Waals surface area (Å²) in [6.07, 6.45) is 0.105. The van der Waals surface area contributed by atoms with Crippen LogP contribution in [0, 0.1) is 11.3 Å². The van der Waals surface area contributed by atoms with E-state index in [-0.39, 0.29) is 6.42 Å². The Morgan fingerprint density at radius 3 is 1.93 bits per heavy atom. The quantitative estimate of drug-likeness (QED) is 0.188. The first-order valence-corrected chi connectivity index (χ1v) is 16.4. The third-order valence-electron chi connectivity index (χ3n) is 5.98. The standard InChI is InChI=1S/C15H15NO2S.C10H8O2S.C8H5BrS/c1-15(2,3)18-14(17)12(9-16)10-5-4-6-13-11(10)7-8-19-13;11-10(12)6-7-2-1-3-9-8(7)4-5-13-9;9-7-2-1-3-8-6(7)4-5-10-8/h4-8,12H,1-3H3;1-5H,6H2,(H,11,12);1-5H. The fraction of sp³-hybridized carbons (Fsp3) is 0.182. The number of carbonyl (C=O) groups excluding carboxylic acids is 1. The maximum atomic E-state index is 12.1. The monoisotopic (exact) mass is 677 g/mol. The number of thiophene rings is 3. The van der Waals surface area contributed by atoms with Crippen LogP contribution < -0.4 is 0 Å². The SMILES string of the molecule is Brc1cccc2sccc12.CC(C)(C)OC(=O)C(C#N)c1cccc2sccc12.O=C(O)Cc1cccc2sccc12. The number of rotatable bonds is 4. The van der Waals surface area contributed by atoms with Gasteiger partial charge in [-0.1, -0.05) is 46.3 Å². The van der Waals surface area contributed by atoms with Crippen molar-refractivity contribution in [3.8, 4) is 6.07 Å². The van der Waals surface area contributed by atoms with Crippen molar-refractivity contribution in [3.05, 3.63) is 105 Å². The van der Waals surface area contributed by atoms with E-state index in [4.69, 9.17) is 9.84 Å². The highest BCUT2D eigenvalue weighted by molar-refractivity contribution is 9.10. The molecule has 42 heavy (non-hydrogen) atoms. The number of carbonyl (C=O) groups is 2. The number of nitrogens with zero attached hydrogens (tertiary/aromatic N) is 1. The molecule has 5 nitrogen and oxygen atoms in total. The summed E-state index contributed by atoms with van der Waals surface area (Å²) in [6, 6.07) is 25.8. The van der Waals surface area contributed by atoms with Gasteiger partial charge < -0.3 is 9.84 Å². The summed E-state index contributed by atoms with van der Waals surface area (Å²) < 4.78 is 10.1. The van der Waals surface area contributed by atoms with Crippen molar-refractivity contribution >= 4 is 92.1 Å². The Morgan fingerprint density at radius 1 is 0.833 bits per heavy atom. The molecule has 3 aromatic heterocycles. The average molecular weight is 679 g/mol. The van der Waals surface area contributed by atoms with Crippen LogP contribution in [0.3, 0.4) is 0 Å². The van der Waals surface area contributed by atoms with Gasteiger partial charge in [-0.3, -0.25) is 9.59 Å². The van der Waals surface area contributed by atoms with Gasteiger partial charge in [-0.15, -0.1) is 34.0 Å². The third-order valence-corrected chi connectivity index (χ3v) is 9.32. The summed E-state index contributed by atoms with van der Waals surface area (Å²) >= 11 is 8.48. The molecule has 0 aliphatic carbocycles. The van der Waals surface area contributed by atoms with E-state index >= 15 is 0 Å². The molecule has 0 radical (unpaired) electrons. The second-order valence-corrected chi connectivity index (χ2v) is 13.9. The molecule has 6 rings (SSSR count). The summed E-state index contributed by atoms with van der Waals surface area (Å²) in [5.41, 5.74) is 1.02. The summed E-state index contributed by atoms with van der Waals surface area (Å²) in [5, 5.41) is 27.3. The number of hydrogen-bond acceptors (Lipinski definition) is 7. The van der Waals surface area contributed by atoms with Crippen LogP contribution >= 0.6 is 49.9 Å². The molecule has 3 aromatic carbocycles. The lowest BCUT2D eigenvalue weighted by Gasteiger charge is -2.21. The Labute approximate surface area is 264 Å². The van der Waals surface area contributed by atoms with Gasteiger partial charge in [0.05, 0.1) is 12.5 Å². The first-order chi connectivity index (χ1) is 20.1. The molecule has 9 heteroatoms. The summed E-state index contributed by atoms with van der Waals surface area (Å²) in [6.45, 7) is 5.39. The molecular formula is C33H28BrNO4S3. The maximum Gasteiger partial charge on any atom is 0.328 e. The van der Waals surface area contributed by atoms with Crippen molar-refractivity contribution in [2.75, 3.05) is 0 Å². The van der Waals surface area contributed by atoms with Gasteiger partial charge in [0.2, 0.25) is 0 Å². The number of halogens is 1. The molecule has 0 aliphatic heterocycles. The van der Waals surface area contributed by atoms with Crippen molar-refractivity contribution in [3.63, 3.8) is 0 Å². The van der Waals surface area contributed by atoms with Gasteiger partial charge >= 0.3 is 11.9 Å². The minimum atomic E-state index is -0.877. The van der Waals surface area contributed by atoms with E-state index in [1.54, 1.807) is 54.8 Å². The number of carboxylic acid groups (broad SMARTS) is 1. The largest absolute Gasteiger partial charge is 0.481 e. The molecule has 0 aliphatic rings. The fourth-order valence-electron chi connectivity index (χ4n) is 4.21. The van der Waals surface area contributed by atoms with E-state index in [0.717, 1.165) is 31.3 Å². The van der Waals surface area contributed by atoms with Gasteiger partial charge in [0.15, 0.2) is 5.92 Å². The van der Waals surface area contributed by atoms with Crippen LogP contribution in [0.5, 0.6) is 0 Å². The van der Waals surface area contributed by atoms with Crippen molar-refractivity contribution < 1.29 is 19.4 Å². The molecule has 1 unspecified atom stereocenters. The zero-order chi connectivity index (χ0) is 30.3. The number of ether oxygens (including phenoxy) is 1. The highest BCUT2D eigenvalue weighted by atomic mass is 79.9. The Kier molecular flexibility index (Phi) is 10.5. The molecule has 0 saturated carbocycles. The highest BCUT2D eigenvalue weighted by Gasteiger charge is 2.27. The van der Waals surface area contributed by atoms with E-state index in [1.165, 1.54) is 14.6 Å². The van der Waals surface area contributed by atoms with E-state index in [0.29, 0.717) is 0 Å². The second kappa shape index (κ2) is 14.1. The number of fused-ring (bicyclic) bond motifs is 3. The van der Waals surface area contributed by atoms with Gasteiger partial charge in [-0.2, -0.15) is 5.26 Å². The van der Waals surface area contributed by atoms with Crippen molar-refractivity contribution in [2.24, 2.45) is 0 Å². The predicted octanol–water partition coefficient (Wildman–Crippen LogP) is 10.0. The zero-order valence-corrected chi connectivity index (χ0v) is 27.2. The topological polar surface area (TPSA) is 87.4 Å². The van der Waals surface area contributed by atoms with Gasteiger partial charge in [-0.25, -0.2) is 0 Å². The molecule has 6 aromatic rings. The average Bonchev–Trinajstić information content (AvgIpc) is 3.70. The lowest BCUT2D eigenvalue weighted by atomic mass is 9.97. The molecule has 0 spiro atoms. The molecule has 1 N–H and O–H groups in total. The van der Waals surface area contributed by atoms with E-state index in [9.17, 15) is 14.9 Å². The fourth-order valence-corrected chi connectivity index (χ4v) is 7.31. The summed E-state index contributed by atoms with van der Waals surface area (Å²) in [4.78, 5) is 22.7. The second-order valence-electron chi connectivity index (χ2n) is 10.2. The molecule has 0 saturated heterocycles.